The molecule has 0 bridgehead atoms. The SMILES string of the molecule is CC(=O)CC(=O)OCCc1ccc(C)c(C)c1. The van der Waals surface area contributed by atoms with Gasteiger partial charge in [0.2, 0.25) is 0 Å². The summed E-state index contributed by atoms with van der Waals surface area (Å²) in [7, 11) is 0. The number of aryl methyl sites for hydroxylation is 2. The van der Waals surface area contributed by atoms with Gasteiger partial charge in [0.05, 0.1) is 6.61 Å². The number of Topliss-reactive ketones (excluding diaryl/α,β-unsaturated/α-hetero) is 1. The first kappa shape index (κ1) is 13.4. The van der Waals surface area contributed by atoms with Crippen LogP contribution in [0.25, 0.3) is 0 Å². The van der Waals surface area contributed by atoms with Crippen LogP contribution in [0.4, 0.5) is 0 Å². The van der Waals surface area contributed by atoms with Crippen LogP contribution >= 0.6 is 0 Å². The Morgan fingerprint density at radius 1 is 1.18 bits per heavy atom. The maximum Gasteiger partial charge on any atom is 0.313 e. The van der Waals surface area contributed by atoms with Crippen LogP contribution in [0, 0.1) is 13.8 Å². The van der Waals surface area contributed by atoms with Gasteiger partial charge in [-0.05, 0) is 37.5 Å². The van der Waals surface area contributed by atoms with Crippen LogP contribution < -0.4 is 0 Å². The molecule has 0 heterocycles. The molecule has 0 spiro atoms. The number of carbonyl (C=O) groups excluding carboxylic acids is 2. The molecule has 0 N–H and O–H groups in total. The van der Waals surface area contributed by atoms with Gasteiger partial charge in [-0.2, -0.15) is 0 Å². The fraction of sp³-hybridized carbons (Fsp3) is 0.429. The van der Waals surface area contributed by atoms with Gasteiger partial charge in [0.15, 0.2) is 0 Å². The maximum absolute atomic E-state index is 11.1. The summed E-state index contributed by atoms with van der Waals surface area (Å²) < 4.78 is 4.97. The van der Waals surface area contributed by atoms with E-state index in [2.05, 4.69) is 26.0 Å². The molecule has 0 aliphatic carbocycles. The van der Waals surface area contributed by atoms with Crippen molar-refractivity contribution in [2.75, 3.05) is 6.61 Å². The summed E-state index contributed by atoms with van der Waals surface area (Å²) in [4.78, 5) is 21.8. The Balaban J connectivity index is 2.38. The van der Waals surface area contributed by atoms with Gasteiger partial charge in [0.25, 0.3) is 0 Å². The lowest BCUT2D eigenvalue weighted by Gasteiger charge is -2.06. The van der Waals surface area contributed by atoms with Crippen LogP contribution in [0.1, 0.15) is 30.0 Å². The first-order chi connectivity index (χ1) is 7.99. The van der Waals surface area contributed by atoms with E-state index in [1.807, 2.05) is 6.07 Å². The Morgan fingerprint density at radius 3 is 2.47 bits per heavy atom. The van der Waals surface area contributed by atoms with E-state index >= 15 is 0 Å². The molecule has 0 fully saturated rings. The minimum absolute atomic E-state index is 0.132. The molecule has 0 saturated carbocycles. The van der Waals surface area contributed by atoms with E-state index in [1.165, 1.54) is 18.1 Å². The monoisotopic (exact) mass is 234 g/mol. The number of ether oxygens (including phenoxy) is 1. The van der Waals surface area contributed by atoms with Crippen molar-refractivity contribution in [3.05, 3.63) is 34.9 Å². The van der Waals surface area contributed by atoms with E-state index in [9.17, 15) is 9.59 Å². The van der Waals surface area contributed by atoms with E-state index < -0.39 is 5.97 Å². The molecule has 0 aliphatic heterocycles. The van der Waals surface area contributed by atoms with E-state index in [0.29, 0.717) is 13.0 Å². The predicted molar refractivity (Wildman–Crippen MR) is 65.9 cm³/mol. The van der Waals surface area contributed by atoms with Gasteiger partial charge in [0.1, 0.15) is 12.2 Å². The third-order valence-corrected chi connectivity index (χ3v) is 2.62. The van der Waals surface area contributed by atoms with Gasteiger partial charge < -0.3 is 4.74 Å². The van der Waals surface area contributed by atoms with Crippen LogP contribution in [0.5, 0.6) is 0 Å². The third kappa shape index (κ3) is 4.81. The first-order valence-corrected chi connectivity index (χ1v) is 5.70. The number of ketones is 1. The van der Waals surface area contributed by atoms with Crippen molar-refractivity contribution in [1.29, 1.82) is 0 Å². The quantitative estimate of drug-likeness (QED) is 0.580. The lowest BCUT2D eigenvalue weighted by molar-refractivity contribution is -0.145. The first-order valence-electron chi connectivity index (χ1n) is 5.70. The zero-order valence-corrected chi connectivity index (χ0v) is 10.6. The second-order valence-corrected chi connectivity index (χ2v) is 4.27. The molecule has 3 nitrogen and oxygen atoms in total. The lowest BCUT2D eigenvalue weighted by atomic mass is 10.0. The molecule has 1 aromatic carbocycles. The van der Waals surface area contributed by atoms with Gasteiger partial charge in [-0.3, -0.25) is 9.59 Å². The van der Waals surface area contributed by atoms with Crippen molar-refractivity contribution in [2.45, 2.75) is 33.6 Å². The maximum atomic E-state index is 11.1. The Labute approximate surface area is 102 Å². The fourth-order valence-corrected chi connectivity index (χ4v) is 1.50. The predicted octanol–water partition coefficient (Wildman–Crippen LogP) is 2.37. The third-order valence-electron chi connectivity index (χ3n) is 2.62. The molecule has 92 valence electrons. The summed E-state index contributed by atoms with van der Waals surface area (Å²) in [6.07, 6.45) is 0.553. The lowest BCUT2D eigenvalue weighted by Crippen LogP contribution is -2.11. The smallest absolute Gasteiger partial charge is 0.313 e. The minimum Gasteiger partial charge on any atom is -0.465 e. The Kier molecular flexibility index (Phi) is 4.88. The molecular weight excluding hydrogens is 216 g/mol. The Bertz CT molecular complexity index is 421. The zero-order valence-electron chi connectivity index (χ0n) is 10.6. The summed E-state index contributed by atoms with van der Waals surface area (Å²) in [5, 5.41) is 0. The number of rotatable bonds is 5. The second kappa shape index (κ2) is 6.18. The topological polar surface area (TPSA) is 43.4 Å². The molecule has 3 heteroatoms. The largest absolute Gasteiger partial charge is 0.465 e. The highest BCUT2D eigenvalue weighted by Crippen LogP contribution is 2.10. The molecule has 0 unspecified atom stereocenters. The summed E-state index contributed by atoms with van der Waals surface area (Å²) in [6, 6.07) is 6.18. The summed E-state index contributed by atoms with van der Waals surface area (Å²) >= 11 is 0. The van der Waals surface area contributed by atoms with E-state index in [1.54, 1.807) is 0 Å². The van der Waals surface area contributed by atoms with Crippen molar-refractivity contribution in [3.8, 4) is 0 Å². The highest BCUT2D eigenvalue weighted by Gasteiger charge is 2.06. The summed E-state index contributed by atoms with van der Waals surface area (Å²) in [6.45, 7) is 5.83. The molecule has 1 aromatic rings. The van der Waals surface area contributed by atoms with Gasteiger partial charge >= 0.3 is 5.97 Å². The molecule has 0 atom stereocenters. The van der Waals surface area contributed by atoms with Gasteiger partial charge in [0, 0.05) is 6.42 Å². The van der Waals surface area contributed by atoms with Crippen molar-refractivity contribution in [1.82, 2.24) is 0 Å². The van der Waals surface area contributed by atoms with Crippen LogP contribution in [-0.2, 0) is 20.7 Å². The highest BCUT2D eigenvalue weighted by molar-refractivity contribution is 5.94. The van der Waals surface area contributed by atoms with Crippen LogP contribution in [-0.4, -0.2) is 18.4 Å². The molecule has 0 aromatic heterocycles. The Morgan fingerprint density at radius 2 is 1.88 bits per heavy atom. The van der Waals surface area contributed by atoms with Crippen LogP contribution in [0.3, 0.4) is 0 Å². The molecule has 0 radical (unpaired) electrons. The van der Waals surface area contributed by atoms with Crippen LogP contribution in [0.2, 0.25) is 0 Å². The Hall–Kier alpha value is -1.64. The van der Waals surface area contributed by atoms with Crippen molar-refractivity contribution >= 4 is 11.8 Å². The average Bonchev–Trinajstić information content (AvgIpc) is 2.22. The number of carbonyl (C=O) groups is 2. The number of hydrogen-bond acceptors (Lipinski definition) is 3. The molecule has 1 rings (SSSR count). The van der Waals surface area contributed by atoms with Crippen molar-refractivity contribution in [3.63, 3.8) is 0 Å². The average molecular weight is 234 g/mol. The summed E-state index contributed by atoms with van der Waals surface area (Å²) in [5.74, 6) is -0.609. The fourth-order valence-electron chi connectivity index (χ4n) is 1.50. The van der Waals surface area contributed by atoms with Crippen LogP contribution in [0.15, 0.2) is 18.2 Å². The summed E-state index contributed by atoms with van der Waals surface area (Å²) in [5.41, 5.74) is 3.63. The van der Waals surface area contributed by atoms with E-state index in [4.69, 9.17) is 4.74 Å². The van der Waals surface area contributed by atoms with Gasteiger partial charge in [-0.1, -0.05) is 18.2 Å². The van der Waals surface area contributed by atoms with E-state index in [0.717, 1.165) is 5.56 Å². The number of benzene rings is 1. The van der Waals surface area contributed by atoms with E-state index in [-0.39, 0.29) is 12.2 Å². The highest BCUT2D eigenvalue weighted by atomic mass is 16.5. The molecule has 17 heavy (non-hydrogen) atoms. The second-order valence-electron chi connectivity index (χ2n) is 4.27. The zero-order chi connectivity index (χ0) is 12.8. The van der Waals surface area contributed by atoms with Gasteiger partial charge in [-0.15, -0.1) is 0 Å². The molecular formula is C14H18O3. The van der Waals surface area contributed by atoms with Gasteiger partial charge in [-0.25, -0.2) is 0 Å². The molecule has 0 amide bonds. The number of esters is 1. The van der Waals surface area contributed by atoms with Crippen molar-refractivity contribution in [2.24, 2.45) is 0 Å². The number of hydrogen-bond donors (Lipinski definition) is 0. The normalized spacial score (nSPS) is 10.1. The van der Waals surface area contributed by atoms with Crippen molar-refractivity contribution < 1.29 is 14.3 Å². The molecule has 0 saturated heterocycles. The standard InChI is InChI=1S/C14H18O3/c1-10-4-5-13(8-11(10)2)6-7-17-14(16)9-12(3)15/h4-5,8H,6-7,9H2,1-3H3. The molecule has 0 aliphatic rings. The minimum atomic E-state index is -0.443.